The maximum Gasteiger partial charge on any atom is 0.324 e. The molecule has 0 rings (SSSR count). The van der Waals surface area contributed by atoms with E-state index in [0.717, 1.165) is 0 Å². The van der Waals surface area contributed by atoms with Crippen molar-refractivity contribution in [2.75, 3.05) is 6.67 Å². The van der Waals surface area contributed by atoms with Crippen molar-refractivity contribution in [2.24, 2.45) is 5.41 Å². The third kappa shape index (κ3) is 5.47. The summed E-state index contributed by atoms with van der Waals surface area (Å²) in [5, 5.41) is 0. The maximum absolute atomic E-state index is 12.8. The molecule has 0 aliphatic heterocycles. The van der Waals surface area contributed by atoms with E-state index >= 15 is 0 Å². The summed E-state index contributed by atoms with van der Waals surface area (Å²) in [7, 11) is 0. The molecule has 0 atom stereocenters. The van der Waals surface area contributed by atoms with E-state index < -0.39 is 35.2 Å². The van der Waals surface area contributed by atoms with E-state index in [0.29, 0.717) is 0 Å². The van der Waals surface area contributed by atoms with Crippen LogP contribution in [0, 0.1) is 5.41 Å². The van der Waals surface area contributed by atoms with Gasteiger partial charge in [-0.3, -0.25) is 14.0 Å². The molecule has 0 fully saturated rings. The maximum atomic E-state index is 12.8. The highest BCUT2D eigenvalue weighted by Gasteiger charge is 2.49. The molecule has 0 aliphatic rings. The summed E-state index contributed by atoms with van der Waals surface area (Å²) in [6.45, 7) is 11.1. The first kappa shape index (κ1) is 18.9. The standard InChI is InChI=1S/C15H27FO4/c1-8-15(9-10-16,11(17)19-13(2,3)4)12(18)20-14(5,6)7/h8-10H2,1-7H3. The summed E-state index contributed by atoms with van der Waals surface area (Å²) in [4.78, 5) is 24.7. The molecule has 0 spiro atoms. The lowest BCUT2D eigenvalue weighted by Crippen LogP contribution is -2.46. The van der Waals surface area contributed by atoms with Gasteiger partial charge in [0, 0.05) is 6.42 Å². The molecule has 0 bridgehead atoms. The van der Waals surface area contributed by atoms with E-state index in [-0.39, 0.29) is 12.8 Å². The molecule has 0 N–H and O–H groups in total. The average molecular weight is 290 g/mol. The Hall–Kier alpha value is -1.13. The van der Waals surface area contributed by atoms with Crippen molar-refractivity contribution < 1.29 is 23.5 Å². The van der Waals surface area contributed by atoms with Crippen LogP contribution in [0.15, 0.2) is 0 Å². The minimum absolute atomic E-state index is 0.140. The minimum Gasteiger partial charge on any atom is -0.459 e. The molecule has 118 valence electrons. The number of esters is 2. The first-order valence-electron chi connectivity index (χ1n) is 6.91. The van der Waals surface area contributed by atoms with Gasteiger partial charge in [-0.25, -0.2) is 0 Å². The van der Waals surface area contributed by atoms with E-state index in [1.807, 2.05) is 0 Å². The molecule has 0 radical (unpaired) electrons. The predicted molar refractivity (Wildman–Crippen MR) is 75.0 cm³/mol. The largest absolute Gasteiger partial charge is 0.459 e. The van der Waals surface area contributed by atoms with Gasteiger partial charge in [0.2, 0.25) is 0 Å². The normalized spacial score (nSPS) is 13.0. The zero-order chi connectivity index (χ0) is 16.2. The van der Waals surface area contributed by atoms with Gasteiger partial charge >= 0.3 is 11.9 Å². The highest BCUT2D eigenvalue weighted by atomic mass is 19.1. The smallest absolute Gasteiger partial charge is 0.324 e. The Balaban J connectivity index is 5.38. The van der Waals surface area contributed by atoms with E-state index in [2.05, 4.69) is 0 Å². The van der Waals surface area contributed by atoms with Crippen molar-refractivity contribution in [1.82, 2.24) is 0 Å². The monoisotopic (exact) mass is 290 g/mol. The van der Waals surface area contributed by atoms with Gasteiger partial charge in [-0.05, 0) is 48.0 Å². The van der Waals surface area contributed by atoms with Crippen LogP contribution in [-0.2, 0) is 19.1 Å². The second kappa shape index (κ2) is 6.55. The van der Waals surface area contributed by atoms with Gasteiger partial charge in [-0.1, -0.05) is 6.92 Å². The summed E-state index contributed by atoms with van der Waals surface area (Å²) < 4.78 is 23.4. The van der Waals surface area contributed by atoms with Gasteiger partial charge in [0.1, 0.15) is 11.2 Å². The van der Waals surface area contributed by atoms with Gasteiger partial charge in [-0.2, -0.15) is 0 Å². The molecule has 0 aliphatic carbocycles. The van der Waals surface area contributed by atoms with Crippen LogP contribution in [0.1, 0.15) is 61.3 Å². The number of rotatable bonds is 5. The Morgan fingerprint density at radius 1 is 0.900 bits per heavy atom. The summed E-state index contributed by atoms with van der Waals surface area (Å²) in [6, 6.07) is 0. The minimum atomic E-state index is -1.57. The summed E-state index contributed by atoms with van der Waals surface area (Å²) >= 11 is 0. The number of alkyl halides is 1. The lowest BCUT2D eigenvalue weighted by atomic mass is 9.81. The van der Waals surface area contributed by atoms with Gasteiger partial charge in [0.25, 0.3) is 0 Å². The van der Waals surface area contributed by atoms with Crippen LogP contribution in [0.2, 0.25) is 0 Å². The fourth-order valence-electron chi connectivity index (χ4n) is 1.67. The molecule has 4 nitrogen and oxygen atoms in total. The van der Waals surface area contributed by atoms with E-state index in [9.17, 15) is 14.0 Å². The van der Waals surface area contributed by atoms with Crippen molar-refractivity contribution in [3.63, 3.8) is 0 Å². The fourth-order valence-corrected chi connectivity index (χ4v) is 1.67. The highest BCUT2D eigenvalue weighted by Crippen LogP contribution is 2.33. The first-order valence-corrected chi connectivity index (χ1v) is 6.91. The van der Waals surface area contributed by atoms with Gasteiger partial charge in [-0.15, -0.1) is 0 Å². The highest BCUT2D eigenvalue weighted by molar-refractivity contribution is 6.00. The third-order valence-electron chi connectivity index (χ3n) is 2.70. The second-order valence-corrected chi connectivity index (χ2v) is 6.88. The van der Waals surface area contributed by atoms with Crippen LogP contribution in [-0.4, -0.2) is 29.8 Å². The number of ether oxygens (including phenoxy) is 2. The second-order valence-electron chi connectivity index (χ2n) is 6.88. The summed E-state index contributed by atoms with van der Waals surface area (Å²) in [6.07, 6.45) is -0.0892. The van der Waals surface area contributed by atoms with Gasteiger partial charge in [0.15, 0.2) is 5.41 Å². The van der Waals surface area contributed by atoms with Crippen LogP contribution in [0.5, 0.6) is 0 Å². The number of hydrogen-bond donors (Lipinski definition) is 0. The molecule has 0 heterocycles. The van der Waals surface area contributed by atoms with E-state index in [4.69, 9.17) is 9.47 Å². The topological polar surface area (TPSA) is 52.6 Å². The molecule has 0 saturated carbocycles. The van der Waals surface area contributed by atoms with Crippen molar-refractivity contribution in [3.05, 3.63) is 0 Å². The lowest BCUT2D eigenvalue weighted by Gasteiger charge is -2.33. The zero-order valence-corrected chi connectivity index (χ0v) is 13.6. The number of carbonyl (C=O) groups is 2. The molecule has 0 aromatic carbocycles. The molecule has 0 aromatic heterocycles. The SMILES string of the molecule is CCC(CCF)(C(=O)OC(C)(C)C)C(=O)OC(C)(C)C. The quantitative estimate of drug-likeness (QED) is 0.575. The van der Waals surface area contributed by atoms with E-state index in [1.165, 1.54) is 0 Å². The molecule has 0 aromatic rings. The van der Waals surface area contributed by atoms with Crippen LogP contribution in [0.4, 0.5) is 4.39 Å². The Morgan fingerprint density at radius 3 is 1.45 bits per heavy atom. The molecule has 0 unspecified atom stereocenters. The Kier molecular flexibility index (Phi) is 6.18. The summed E-state index contributed by atoms with van der Waals surface area (Å²) in [5.41, 5.74) is -3.05. The van der Waals surface area contributed by atoms with Crippen molar-refractivity contribution in [3.8, 4) is 0 Å². The zero-order valence-electron chi connectivity index (χ0n) is 13.6. The molecular formula is C15H27FO4. The third-order valence-corrected chi connectivity index (χ3v) is 2.70. The lowest BCUT2D eigenvalue weighted by molar-refractivity contribution is -0.186. The van der Waals surface area contributed by atoms with Crippen LogP contribution >= 0.6 is 0 Å². The Labute approximate surface area is 121 Å². The van der Waals surface area contributed by atoms with Crippen molar-refractivity contribution in [2.45, 2.75) is 72.5 Å². The van der Waals surface area contributed by atoms with Crippen molar-refractivity contribution in [1.29, 1.82) is 0 Å². The molecule has 0 amide bonds. The number of hydrogen-bond acceptors (Lipinski definition) is 4. The van der Waals surface area contributed by atoms with Crippen molar-refractivity contribution >= 4 is 11.9 Å². The Bertz CT molecular complexity index is 322. The molecule has 20 heavy (non-hydrogen) atoms. The molecular weight excluding hydrogens is 263 g/mol. The van der Waals surface area contributed by atoms with E-state index in [1.54, 1.807) is 48.5 Å². The van der Waals surface area contributed by atoms with Crippen LogP contribution < -0.4 is 0 Å². The predicted octanol–water partition coefficient (Wildman–Crippen LogP) is 3.43. The van der Waals surface area contributed by atoms with Crippen LogP contribution in [0.25, 0.3) is 0 Å². The Morgan fingerprint density at radius 2 is 1.25 bits per heavy atom. The average Bonchev–Trinajstić information content (AvgIpc) is 2.20. The molecule has 5 heteroatoms. The fraction of sp³-hybridized carbons (Fsp3) is 0.867. The molecule has 0 saturated heterocycles. The number of halogens is 1. The van der Waals surface area contributed by atoms with Crippen LogP contribution in [0.3, 0.4) is 0 Å². The van der Waals surface area contributed by atoms with Gasteiger partial charge in [0.05, 0.1) is 6.67 Å². The van der Waals surface area contributed by atoms with Gasteiger partial charge < -0.3 is 9.47 Å². The first-order chi connectivity index (χ1) is 8.88. The summed E-state index contributed by atoms with van der Waals surface area (Å²) in [5.74, 6) is -1.45. The number of carbonyl (C=O) groups excluding carboxylic acids is 2.